The van der Waals surface area contributed by atoms with Gasteiger partial charge in [-0.15, -0.1) is 0 Å². The molecule has 1 heterocycles. The van der Waals surface area contributed by atoms with Crippen molar-refractivity contribution in [2.45, 2.75) is 12.8 Å². The molecule has 0 radical (unpaired) electrons. The van der Waals surface area contributed by atoms with Crippen molar-refractivity contribution in [1.82, 2.24) is 4.98 Å². The Bertz CT molecular complexity index is 787. The summed E-state index contributed by atoms with van der Waals surface area (Å²) in [5.74, 6) is 0.0227. The molecular weight excluding hydrogens is 387 g/mol. The SMILES string of the molecule is CN(CCCCOCC(=O)O)c1ccccn1.[H-].[Na+].c1ccc(-c2ccccc2)cc1. The summed E-state index contributed by atoms with van der Waals surface area (Å²) in [7, 11) is 1.99. The average Bonchev–Trinajstić information content (AvgIpc) is 2.78. The number of carboxylic acid groups (broad SMARTS) is 1. The number of hydrogen-bond donors (Lipinski definition) is 1. The van der Waals surface area contributed by atoms with Crippen LogP contribution in [0.4, 0.5) is 5.82 Å². The van der Waals surface area contributed by atoms with Gasteiger partial charge in [-0.2, -0.15) is 0 Å². The molecule has 154 valence electrons. The number of nitrogens with zero attached hydrogens (tertiary/aromatic N) is 2. The Hall–Kier alpha value is -2.18. The first-order valence-corrected chi connectivity index (χ1v) is 9.69. The number of pyridine rings is 1. The molecule has 1 aromatic heterocycles. The van der Waals surface area contributed by atoms with Crippen LogP contribution in [0.2, 0.25) is 0 Å². The first-order valence-electron chi connectivity index (χ1n) is 9.69. The minimum absolute atomic E-state index is 0. The maximum Gasteiger partial charge on any atom is 1.00 e. The van der Waals surface area contributed by atoms with Crippen molar-refractivity contribution in [2.75, 3.05) is 31.7 Å². The van der Waals surface area contributed by atoms with Gasteiger partial charge in [-0.3, -0.25) is 0 Å². The molecule has 30 heavy (non-hydrogen) atoms. The number of hydrogen-bond acceptors (Lipinski definition) is 4. The molecule has 5 nitrogen and oxygen atoms in total. The Labute approximate surface area is 202 Å². The van der Waals surface area contributed by atoms with Crippen LogP contribution in [0.15, 0.2) is 85.1 Å². The van der Waals surface area contributed by atoms with Crippen molar-refractivity contribution < 1.29 is 45.6 Å². The average molecular weight is 416 g/mol. The van der Waals surface area contributed by atoms with Crippen LogP contribution in [0.25, 0.3) is 11.1 Å². The van der Waals surface area contributed by atoms with E-state index >= 15 is 0 Å². The van der Waals surface area contributed by atoms with Gasteiger partial charge in [0.05, 0.1) is 0 Å². The second kappa shape index (κ2) is 15.6. The number of anilines is 1. The summed E-state index contributed by atoms with van der Waals surface area (Å²) < 4.78 is 4.95. The predicted octanol–water partition coefficient (Wildman–Crippen LogP) is 1.87. The van der Waals surface area contributed by atoms with E-state index in [0.717, 1.165) is 25.2 Å². The Morgan fingerprint density at radius 1 is 0.933 bits per heavy atom. The first kappa shape index (κ1) is 25.9. The zero-order valence-electron chi connectivity index (χ0n) is 18.8. The van der Waals surface area contributed by atoms with Crippen LogP contribution in [0.3, 0.4) is 0 Å². The van der Waals surface area contributed by atoms with E-state index in [9.17, 15) is 4.79 Å². The van der Waals surface area contributed by atoms with E-state index in [4.69, 9.17) is 9.84 Å². The summed E-state index contributed by atoms with van der Waals surface area (Å²) >= 11 is 0. The largest absolute Gasteiger partial charge is 1.00 e. The third-order valence-electron chi connectivity index (χ3n) is 4.18. The van der Waals surface area contributed by atoms with Crippen LogP contribution >= 0.6 is 0 Å². The maximum absolute atomic E-state index is 10.2. The molecule has 0 spiro atoms. The molecule has 2 aromatic carbocycles. The number of benzene rings is 2. The molecule has 1 N–H and O–H groups in total. The van der Waals surface area contributed by atoms with E-state index in [2.05, 4.69) is 58.4 Å². The van der Waals surface area contributed by atoms with E-state index in [1.54, 1.807) is 6.20 Å². The van der Waals surface area contributed by atoms with Gasteiger partial charge in [-0.05, 0) is 36.1 Å². The Kier molecular flexibility index (Phi) is 13.5. The zero-order chi connectivity index (χ0) is 20.7. The molecule has 0 aliphatic rings. The van der Waals surface area contributed by atoms with Crippen molar-refractivity contribution in [2.24, 2.45) is 0 Å². The van der Waals surface area contributed by atoms with Crippen molar-refractivity contribution >= 4 is 11.8 Å². The zero-order valence-corrected chi connectivity index (χ0v) is 19.8. The number of rotatable bonds is 9. The Morgan fingerprint density at radius 2 is 1.50 bits per heavy atom. The molecule has 0 saturated heterocycles. The van der Waals surface area contributed by atoms with Crippen LogP contribution in [-0.2, 0) is 9.53 Å². The molecule has 0 amide bonds. The molecule has 3 aromatic rings. The van der Waals surface area contributed by atoms with Crippen molar-refractivity contribution in [3.05, 3.63) is 85.1 Å². The van der Waals surface area contributed by atoms with Crippen molar-refractivity contribution in [1.29, 1.82) is 0 Å². The fourth-order valence-electron chi connectivity index (χ4n) is 2.67. The molecule has 0 saturated carbocycles. The summed E-state index contributed by atoms with van der Waals surface area (Å²) in [6.07, 6.45) is 3.57. The fourth-order valence-corrected chi connectivity index (χ4v) is 2.67. The summed E-state index contributed by atoms with van der Waals surface area (Å²) in [5.41, 5.74) is 2.55. The van der Waals surface area contributed by atoms with Gasteiger partial charge in [-0.1, -0.05) is 66.7 Å². The molecule has 6 heteroatoms. The summed E-state index contributed by atoms with van der Waals surface area (Å²) in [5, 5.41) is 8.37. The molecule has 0 aliphatic carbocycles. The van der Waals surface area contributed by atoms with E-state index in [0.29, 0.717) is 6.61 Å². The van der Waals surface area contributed by atoms with Gasteiger partial charge in [0.15, 0.2) is 0 Å². The number of carbonyl (C=O) groups is 1. The smallest absolute Gasteiger partial charge is 1.00 e. The van der Waals surface area contributed by atoms with Gasteiger partial charge in [0.1, 0.15) is 12.4 Å². The van der Waals surface area contributed by atoms with Gasteiger partial charge in [0, 0.05) is 26.4 Å². The van der Waals surface area contributed by atoms with Gasteiger partial charge in [0.2, 0.25) is 0 Å². The maximum atomic E-state index is 10.2. The number of carboxylic acids is 1. The Balaban J connectivity index is 0.000000570. The van der Waals surface area contributed by atoms with Crippen LogP contribution in [-0.4, -0.2) is 42.9 Å². The minimum Gasteiger partial charge on any atom is -1.00 e. The van der Waals surface area contributed by atoms with Crippen LogP contribution in [0.5, 0.6) is 0 Å². The standard InChI is InChI=1S/C12H18N2O3.C12H10.Na.H/c1-14(11-6-2-3-7-13-11)8-4-5-9-17-10-12(15)16;1-3-7-11(8-4-1)12-9-5-2-6-10-12;;/h2-3,6-7H,4-5,8-10H2,1H3,(H,15,16);1-10H;;/q;;+1;-1. The Morgan fingerprint density at radius 3 is 2.00 bits per heavy atom. The topological polar surface area (TPSA) is 62.7 Å². The van der Waals surface area contributed by atoms with Gasteiger partial charge in [-0.25, -0.2) is 9.78 Å². The van der Waals surface area contributed by atoms with Crippen molar-refractivity contribution in [3.63, 3.8) is 0 Å². The summed E-state index contributed by atoms with van der Waals surface area (Å²) in [6.45, 7) is 1.16. The first-order chi connectivity index (χ1) is 14.2. The van der Waals surface area contributed by atoms with Crippen LogP contribution < -0.4 is 34.5 Å². The van der Waals surface area contributed by atoms with Gasteiger partial charge < -0.3 is 16.2 Å². The van der Waals surface area contributed by atoms with E-state index in [-0.39, 0.29) is 37.6 Å². The summed E-state index contributed by atoms with van der Waals surface area (Å²) in [4.78, 5) is 16.5. The molecular formula is C24H29N2NaO3. The van der Waals surface area contributed by atoms with Crippen LogP contribution in [0.1, 0.15) is 14.3 Å². The third-order valence-corrected chi connectivity index (χ3v) is 4.18. The van der Waals surface area contributed by atoms with E-state index in [1.165, 1.54) is 11.1 Å². The molecule has 0 atom stereocenters. The fraction of sp³-hybridized carbons (Fsp3) is 0.250. The number of unbranched alkanes of at least 4 members (excludes halogenated alkanes) is 1. The quantitative estimate of drug-likeness (QED) is 0.426. The second-order valence-electron chi connectivity index (χ2n) is 6.49. The molecule has 0 fully saturated rings. The van der Waals surface area contributed by atoms with Crippen LogP contribution in [0, 0.1) is 0 Å². The molecule has 0 bridgehead atoms. The number of ether oxygens (including phenoxy) is 1. The normalized spacial score (nSPS) is 9.63. The minimum atomic E-state index is -0.921. The number of aromatic nitrogens is 1. The molecule has 0 unspecified atom stereocenters. The number of aliphatic carboxylic acids is 1. The second-order valence-corrected chi connectivity index (χ2v) is 6.49. The predicted molar refractivity (Wildman–Crippen MR) is 118 cm³/mol. The monoisotopic (exact) mass is 416 g/mol. The van der Waals surface area contributed by atoms with Gasteiger partial charge >= 0.3 is 35.5 Å². The molecule has 3 rings (SSSR count). The van der Waals surface area contributed by atoms with Crippen molar-refractivity contribution in [3.8, 4) is 11.1 Å². The third kappa shape index (κ3) is 10.6. The molecule has 0 aliphatic heterocycles. The van der Waals surface area contributed by atoms with E-state index < -0.39 is 5.97 Å². The van der Waals surface area contributed by atoms with E-state index in [1.807, 2.05) is 37.4 Å². The summed E-state index contributed by atoms with van der Waals surface area (Å²) in [6, 6.07) is 26.6. The van der Waals surface area contributed by atoms with Gasteiger partial charge in [0.25, 0.3) is 0 Å².